The van der Waals surface area contributed by atoms with Crippen molar-refractivity contribution in [3.63, 3.8) is 0 Å². The molecule has 0 fully saturated rings. The number of carbonyl (C=O) groups excluding carboxylic acids is 1. The van der Waals surface area contributed by atoms with Crippen molar-refractivity contribution in [3.05, 3.63) is 30.7 Å². The number of carbonyl (C=O) groups is 1. The molecule has 1 heterocycles. The molecule has 6 nitrogen and oxygen atoms in total. The molecule has 0 saturated carbocycles. The predicted molar refractivity (Wildman–Crippen MR) is 58.5 cm³/mol. The van der Waals surface area contributed by atoms with E-state index in [1.165, 1.54) is 24.3 Å². The quantitative estimate of drug-likeness (QED) is 0.484. The summed E-state index contributed by atoms with van der Waals surface area (Å²) in [5, 5.41) is 3.88. The summed E-state index contributed by atoms with van der Waals surface area (Å²) in [6.07, 6.45) is 4.36. The maximum absolute atomic E-state index is 10.8. The number of nitrogens with two attached hydrogens (primary N) is 2. The lowest BCUT2D eigenvalue weighted by atomic mass is 10.3. The first-order valence-electron chi connectivity index (χ1n) is 4.29. The van der Waals surface area contributed by atoms with Crippen LogP contribution in [0.3, 0.4) is 0 Å². The second kappa shape index (κ2) is 4.97. The van der Waals surface area contributed by atoms with Crippen molar-refractivity contribution in [1.29, 1.82) is 0 Å². The van der Waals surface area contributed by atoms with E-state index in [0.717, 1.165) is 0 Å². The number of hydrogen-bond donors (Lipinski definition) is 3. The van der Waals surface area contributed by atoms with Crippen LogP contribution in [0, 0.1) is 0 Å². The maximum Gasteiger partial charge on any atom is 0.222 e. The van der Waals surface area contributed by atoms with E-state index >= 15 is 0 Å². The first-order chi connectivity index (χ1) is 7.13. The molecule has 0 aliphatic rings. The third kappa shape index (κ3) is 3.28. The zero-order valence-corrected chi connectivity index (χ0v) is 8.34. The van der Waals surface area contributed by atoms with Gasteiger partial charge in [0.1, 0.15) is 5.82 Å². The molecule has 15 heavy (non-hydrogen) atoms. The van der Waals surface area contributed by atoms with Gasteiger partial charge in [0, 0.05) is 31.6 Å². The van der Waals surface area contributed by atoms with Gasteiger partial charge in [0.25, 0.3) is 0 Å². The minimum absolute atomic E-state index is 0.183. The molecule has 0 spiro atoms. The Morgan fingerprint density at radius 2 is 2.40 bits per heavy atom. The van der Waals surface area contributed by atoms with Gasteiger partial charge in [-0.2, -0.15) is 0 Å². The summed E-state index contributed by atoms with van der Waals surface area (Å²) >= 11 is 0. The van der Waals surface area contributed by atoms with Crippen LogP contribution in [0.25, 0.3) is 0 Å². The van der Waals surface area contributed by atoms with E-state index in [9.17, 15) is 4.79 Å². The minimum Gasteiger partial charge on any atom is -0.403 e. The summed E-state index contributed by atoms with van der Waals surface area (Å²) in [6.45, 7) is 1.41. The Labute approximate surface area is 87.5 Å². The van der Waals surface area contributed by atoms with E-state index < -0.39 is 0 Å². The highest BCUT2D eigenvalue weighted by Crippen LogP contribution is 2.14. The smallest absolute Gasteiger partial charge is 0.222 e. The third-order valence-corrected chi connectivity index (χ3v) is 1.59. The zero-order valence-electron chi connectivity index (χ0n) is 8.34. The Morgan fingerprint density at radius 1 is 1.67 bits per heavy atom. The number of pyridine rings is 1. The van der Waals surface area contributed by atoms with Gasteiger partial charge in [-0.05, 0) is 6.07 Å². The number of amides is 1. The van der Waals surface area contributed by atoms with Crippen LogP contribution in [0.15, 0.2) is 30.7 Å². The lowest BCUT2D eigenvalue weighted by Gasteiger charge is -2.13. The molecule has 1 rings (SSSR count). The molecule has 1 aromatic rings. The second-order valence-electron chi connectivity index (χ2n) is 2.83. The first kappa shape index (κ1) is 11.0. The van der Waals surface area contributed by atoms with Crippen LogP contribution >= 0.6 is 0 Å². The molecule has 1 aromatic heterocycles. The van der Waals surface area contributed by atoms with Crippen LogP contribution in [-0.2, 0) is 4.79 Å². The highest BCUT2D eigenvalue weighted by atomic mass is 16.1. The highest BCUT2D eigenvalue weighted by molar-refractivity contribution is 5.88. The number of rotatable bonds is 3. The first-order valence-corrected chi connectivity index (χ1v) is 4.29. The van der Waals surface area contributed by atoms with Gasteiger partial charge >= 0.3 is 0 Å². The van der Waals surface area contributed by atoms with Crippen LogP contribution in [0.4, 0.5) is 11.5 Å². The number of hydrogen-bond acceptors (Lipinski definition) is 5. The summed E-state index contributed by atoms with van der Waals surface area (Å²) in [6, 6.07) is 3.34. The molecule has 5 N–H and O–H groups in total. The van der Waals surface area contributed by atoms with E-state index in [0.29, 0.717) is 11.5 Å². The van der Waals surface area contributed by atoms with Crippen molar-refractivity contribution in [2.24, 2.45) is 11.6 Å². The summed E-state index contributed by atoms with van der Waals surface area (Å²) < 4.78 is 0. The number of anilines is 2. The van der Waals surface area contributed by atoms with Crippen molar-refractivity contribution >= 4 is 17.4 Å². The van der Waals surface area contributed by atoms with Gasteiger partial charge in [0.2, 0.25) is 5.91 Å². The number of nitrogens with zero attached hydrogens (tertiary/aromatic N) is 2. The Balaban J connectivity index is 2.86. The summed E-state index contributed by atoms with van der Waals surface area (Å²) in [4.78, 5) is 14.7. The van der Waals surface area contributed by atoms with Crippen LogP contribution < -0.4 is 21.9 Å². The molecule has 0 radical (unpaired) electrons. The molecule has 1 amide bonds. The number of hydrazine groups is 1. The van der Waals surface area contributed by atoms with E-state index in [-0.39, 0.29) is 5.91 Å². The lowest BCUT2D eigenvalue weighted by molar-refractivity contribution is -0.114. The van der Waals surface area contributed by atoms with Gasteiger partial charge in [0.15, 0.2) is 0 Å². The Bertz CT molecular complexity index is 377. The Hall–Kier alpha value is -2.08. The monoisotopic (exact) mass is 207 g/mol. The minimum atomic E-state index is -0.183. The molecule has 0 atom stereocenters. The van der Waals surface area contributed by atoms with Gasteiger partial charge in [0.05, 0.1) is 5.69 Å². The molecule has 6 heteroatoms. The van der Waals surface area contributed by atoms with E-state index in [1.807, 2.05) is 0 Å². The molecule has 0 unspecified atom stereocenters. The topological polar surface area (TPSA) is 97.3 Å². The summed E-state index contributed by atoms with van der Waals surface area (Å²) in [5.41, 5.74) is 5.87. The highest BCUT2D eigenvalue weighted by Gasteiger charge is 2.01. The molecule has 0 aromatic carbocycles. The van der Waals surface area contributed by atoms with Gasteiger partial charge in [-0.25, -0.2) is 10.8 Å². The standard InChI is InChI=1S/C9H13N5O/c1-7(15)13-9-6-8(2-4-12-9)14(11)5-3-10/h2-6H,10-11H2,1H3,(H,12,13,15)/b5-3-. The van der Waals surface area contributed by atoms with Crippen LogP contribution in [0.2, 0.25) is 0 Å². The Morgan fingerprint density at radius 3 is 3.00 bits per heavy atom. The molecule has 0 aliphatic heterocycles. The number of aromatic nitrogens is 1. The van der Waals surface area contributed by atoms with Crippen molar-refractivity contribution < 1.29 is 4.79 Å². The molecular weight excluding hydrogens is 194 g/mol. The van der Waals surface area contributed by atoms with E-state index in [4.69, 9.17) is 11.6 Å². The van der Waals surface area contributed by atoms with Crippen LogP contribution in [0.1, 0.15) is 6.92 Å². The normalized spacial score (nSPS) is 10.3. The molecular formula is C9H13N5O. The Kier molecular flexibility index (Phi) is 3.64. The lowest BCUT2D eigenvalue weighted by Crippen LogP contribution is -2.24. The molecule has 0 aliphatic carbocycles. The SMILES string of the molecule is CC(=O)Nc1cc(N(N)/C=C\N)ccn1. The van der Waals surface area contributed by atoms with E-state index in [1.54, 1.807) is 18.3 Å². The third-order valence-electron chi connectivity index (χ3n) is 1.59. The van der Waals surface area contributed by atoms with Gasteiger partial charge in [-0.1, -0.05) is 0 Å². The predicted octanol–water partition coefficient (Wildman–Crippen LogP) is 0.150. The largest absolute Gasteiger partial charge is 0.403 e. The fraction of sp³-hybridized carbons (Fsp3) is 0.111. The van der Waals surface area contributed by atoms with Crippen molar-refractivity contribution in [1.82, 2.24) is 4.98 Å². The molecule has 0 bridgehead atoms. The van der Waals surface area contributed by atoms with Crippen molar-refractivity contribution in [2.45, 2.75) is 6.92 Å². The van der Waals surface area contributed by atoms with Gasteiger partial charge in [-0.3, -0.25) is 9.80 Å². The molecule has 0 saturated heterocycles. The fourth-order valence-electron chi connectivity index (χ4n) is 1.01. The molecule has 80 valence electrons. The van der Waals surface area contributed by atoms with Crippen LogP contribution in [-0.4, -0.2) is 10.9 Å². The van der Waals surface area contributed by atoms with Crippen molar-refractivity contribution in [3.8, 4) is 0 Å². The van der Waals surface area contributed by atoms with Crippen LogP contribution in [0.5, 0.6) is 0 Å². The average Bonchev–Trinajstić information content (AvgIpc) is 2.17. The van der Waals surface area contributed by atoms with Gasteiger partial charge in [-0.15, -0.1) is 0 Å². The summed E-state index contributed by atoms with van der Waals surface area (Å²) in [5.74, 6) is 5.89. The zero-order chi connectivity index (χ0) is 11.3. The summed E-state index contributed by atoms with van der Waals surface area (Å²) in [7, 11) is 0. The maximum atomic E-state index is 10.8. The van der Waals surface area contributed by atoms with E-state index in [2.05, 4.69) is 10.3 Å². The van der Waals surface area contributed by atoms with Crippen molar-refractivity contribution in [2.75, 3.05) is 10.3 Å². The average molecular weight is 207 g/mol. The second-order valence-corrected chi connectivity index (χ2v) is 2.83. The number of nitrogens with one attached hydrogen (secondary N) is 1. The fourth-order valence-corrected chi connectivity index (χ4v) is 1.01. The van der Waals surface area contributed by atoms with Gasteiger partial charge < -0.3 is 11.1 Å².